The van der Waals surface area contributed by atoms with Crippen molar-refractivity contribution >= 4 is 0 Å². The maximum atomic E-state index is 13.0. The van der Waals surface area contributed by atoms with Gasteiger partial charge in [0.05, 0.1) is 17.2 Å². The molecule has 0 amide bonds. The molecule has 0 unspecified atom stereocenters. The van der Waals surface area contributed by atoms with Gasteiger partial charge in [-0.05, 0) is 30.3 Å². The van der Waals surface area contributed by atoms with E-state index in [9.17, 15) is 17.6 Å². The standard InChI is InChI=1S/C14H7F4NO/c15-10-2-1-3-11(6-10)20-12-5-4-9(8-19)13(7-12)14(16,17)18/h1-7H. The molecule has 0 N–H and O–H groups in total. The summed E-state index contributed by atoms with van der Waals surface area (Å²) in [6, 6.07) is 9.43. The summed E-state index contributed by atoms with van der Waals surface area (Å²) in [5, 5.41) is 8.66. The highest BCUT2D eigenvalue weighted by atomic mass is 19.4. The Hall–Kier alpha value is -2.55. The van der Waals surface area contributed by atoms with E-state index in [0.29, 0.717) is 6.07 Å². The first kappa shape index (κ1) is 13.9. The zero-order valence-electron chi connectivity index (χ0n) is 9.91. The number of alkyl halides is 3. The molecule has 0 aromatic heterocycles. The fourth-order valence-electron chi connectivity index (χ4n) is 1.59. The van der Waals surface area contributed by atoms with Crippen molar-refractivity contribution in [2.45, 2.75) is 6.18 Å². The van der Waals surface area contributed by atoms with Crippen LogP contribution < -0.4 is 4.74 Å². The van der Waals surface area contributed by atoms with Crippen molar-refractivity contribution in [3.05, 3.63) is 59.4 Å². The summed E-state index contributed by atoms with van der Waals surface area (Å²) >= 11 is 0. The molecule has 6 heteroatoms. The predicted molar refractivity (Wildman–Crippen MR) is 62.6 cm³/mol. The van der Waals surface area contributed by atoms with Crippen LogP contribution >= 0.6 is 0 Å². The summed E-state index contributed by atoms with van der Waals surface area (Å²) in [5.74, 6) is -0.614. The van der Waals surface area contributed by atoms with Gasteiger partial charge in [-0.1, -0.05) is 6.07 Å². The van der Waals surface area contributed by atoms with Gasteiger partial charge in [0.15, 0.2) is 0 Å². The van der Waals surface area contributed by atoms with Crippen molar-refractivity contribution in [3.8, 4) is 17.6 Å². The second kappa shape index (κ2) is 5.21. The monoisotopic (exact) mass is 281 g/mol. The fraction of sp³-hybridized carbons (Fsp3) is 0.0714. The molecule has 2 aromatic rings. The van der Waals surface area contributed by atoms with Crippen LogP contribution in [0.15, 0.2) is 42.5 Å². The number of benzene rings is 2. The summed E-state index contributed by atoms with van der Waals surface area (Å²) in [5.41, 5.74) is -1.59. The molecular formula is C14H7F4NO. The van der Waals surface area contributed by atoms with Crippen molar-refractivity contribution in [3.63, 3.8) is 0 Å². The number of nitriles is 1. The third-order valence-electron chi connectivity index (χ3n) is 2.45. The zero-order chi connectivity index (χ0) is 14.8. The number of hydrogen-bond donors (Lipinski definition) is 0. The maximum absolute atomic E-state index is 13.0. The van der Waals surface area contributed by atoms with Crippen molar-refractivity contribution in [1.29, 1.82) is 5.26 Å². The number of nitrogens with zero attached hydrogens (tertiary/aromatic N) is 1. The lowest BCUT2D eigenvalue weighted by Crippen LogP contribution is -2.07. The molecule has 0 aliphatic heterocycles. The van der Waals surface area contributed by atoms with Crippen LogP contribution in [0, 0.1) is 17.1 Å². The lowest BCUT2D eigenvalue weighted by Gasteiger charge is -2.11. The van der Waals surface area contributed by atoms with Crippen LogP contribution in [0.1, 0.15) is 11.1 Å². The van der Waals surface area contributed by atoms with E-state index in [2.05, 4.69) is 0 Å². The molecule has 0 spiro atoms. The minimum absolute atomic E-state index is 0.0721. The van der Waals surface area contributed by atoms with E-state index in [4.69, 9.17) is 10.00 Å². The Labute approximate surface area is 111 Å². The molecule has 2 rings (SSSR count). The largest absolute Gasteiger partial charge is 0.457 e. The van der Waals surface area contributed by atoms with Crippen LogP contribution in [-0.4, -0.2) is 0 Å². The quantitative estimate of drug-likeness (QED) is 0.759. The first-order chi connectivity index (χ1) is 9.40. The molecule has 2 nitrogen and oxygen atoms in total. The minimum Gasteiger partial charge on any atom is -0.457 e. The van der Waals surface area contributed by atoms with Crippen LogP contribution in [0.5, 0.6) is 11.5 Å². The Morgan fingerprint density at radius 1 is 1.00 bits per heavy atom. The van der Waals surface area contributed by atoms with Gasteiger partial charge < -0.3 is 4.74 Å². The van der Waals surface area contributed by atoms with Crippen molar-refractivity contribution in [2.75, 3.05) is 0 Å². The first-order valence-corrected chi connectivity index (χ1v) is 5.45. The molecule has 102 valence electrons. The molecule has 2 aromatic carbocycles. The van der Waals surface area contributed by atoms with E-state index in [1.165, 1.54) is 30.3 Å². The summed E-state index contributed by atoms with van der Waals surface area (Å²) in [6.07, 6.45) is -4.66. The Morgan fingerprint density at radius 2 is 1.70 bits per heavy atom. The van der Waals surface area contributed by atoms with E-state index in [1.54, 1.807) is 0 Å². The molecule has 0 radical (unpaired) electrons. The predicted octanol–water partition coefficient (Wildman–Crippen LogP) is 4.51. The van der Waals surface area contributed by atoms with E-state index in [0.717, 1.165) is 12.1 Å². The van der Waals surface area contributed by atoms with Gasteiger partial charge in [0, 0.05) is 6.07 Å². The molecule has 0 fully saturated rings. The van der Waals surface area contributed by atoms with Gasteiger partial charge in [0.1, 0.15) is 17.3 Å². The molecule has 0 bridgehead atoms. The molecule has 0 heterocycles. The second-order valence-electron chi connectivity index (χ2n) is 3.88. The Morgan fingerprint density at radius 3 is 2.30 bits per heavy atom. The molecular weight excluding hydrogens is 274 g/mol. The average Bonchev–Trinajstić information content (AvgIpc) is 2.37. The Bertz CT molecular complexity index is 674. The maximum Gasteiger partial charge on any atom is 0.417 e. The van der Waals surface area contributed by atoms with Crippen LogP contribution in [-0.2, 0) is 6.18 Å². The lowest BCUT2D eigenvalue weighted by atomic mass is 10.1. The van der Waals surface area contributed by atoms with Crippen LogP contribution in [0.25, 0.3) is 0 Å². The summed E-state index contributed by atoms with van der Waals surface area (Å²) in [6.45, 7) is 0. The summed E-state index contributed by atoms with van der Waals surface area (Å²) in [4.78, 5) is 0. The fourth-order valence-corrected chi connectivity index (χ4v) is 1.59. The normalized spacial score (nSPS) is 10.9. The summed E-state index contributed by atoms with van der Waals surface area (Å²) < 4.78 is 56.4. The topological polar surface area (TPSA) is 33.0 Å². The van der Waals surface area contributed by atoms with Crippen molar-refractivity contribution < 1.29 is 22.3 Å². The van der Waals surface area contributed by atoms with Crippen molar-refractivity contribution in [2.24, 2.45) is 0 Å². The van der Waals surface area contributed by atoms with Crippen LogP contribution in [0.3, 0.4) is 0 Å². The smallest absolute Gasteiger partial charge is 0.417 e. The number of rotatable bonds is 2. The van der Waals surface area contributed by atoms with Gasteiger partial charge >= 0.3 is 6.18 Å². The Kier molecular flexibility index (Phi) is 3.61. The molecule has 0 aliphatic rings. The van der Waals surface area contributed by atoms with Gasteiger partial charge in [-0.3, -0.25) is 0 Å². The molecule has 0 saturated carbocycles. The van der Waals surface area contributed by atoms with Crippen molar-refractivity contribution in [1.82, 2.24) is 0 Å². The van der Waals surface area contributed by atoms with Gasteiger partial charge in [0.2, 0.25) is 0 Å². The summed E-state index contributed by atoms with van der Waals surface area (Å²) in [7, 11) is 0. The van der Waals surface area contributed by atoms with E-state index >= 15 is 0 Å². The average molecular weight is 281 g/mol. The third-order valence-corrected chi connectivity index (χ3v) is 2.45. The number of ether oxygens (including phenoxy) is 1. The first-order valence-electron chi connectivity index (χ1n) is 5.45. The van der Waals surface area contributed by atoms with E-state index in [-0.39, 0.29) is 11.5 Å². The zero-order valence-corrected chi connectivity index (χ0v) is 9.91. The van der Waals surface area contributed by atoms with E-state index < -0.39 is 23.1 Å². The van der Waals surface area contributed by atoms with Gasteiger partial charge in [-0.2, -0.15) is 18.4 Å². The number of halogens is 4. The molecule has 0 aliphatic carbocycles. The molecule has 0 saturated heterocycles. The Balaban J connectivity index is 2.37. The van der Waals surface area contributed by atoms with Gasteiger partial charge in [0.25, 0.3) is 0 Å². The van der Waals surface area contributed by atoms with Gasteiger partial charge in [-0.15, -0.1) is 0 Å². The highest BCUT2D eigenvalue weighted by Gasteiger charge is 2.34. The molecule has 0 atom stereocenters. The third kappa shape index (κ3) is 3.06. The SMILES string of the molecule is N#Cc1ccc(Oc2cccc(F)c2)cc1C(F)(F)F. The van der Waals surface area contributed by atoms with Crippen LogP contribution in [0.2, 0.25) is 0 Å². The highest BCUT2D eigenvalue weighted by molar-refractivity contribution is 5.45. The van der Waals surface area contributed by atoms with E-state index in [1.807, 2.05) is 0 Å². The highest BCUT2D eigenvalue weighted by Crippen LogP contribution is 2.35. The van der Waals surface area contributed by atoms with Crippen LogP contribution in [0.4, 0.5) is 17.6 Å². The lowest BCUT2D eigenvalue weighted by molar-refractivity contribution is -0.137. The number of hydrogen-bond acceptors (Lipinski definition) is 2. The second-order valence-corrected chi connectivity index (χ2v) is 3.88. The minimum atomic E-state index is -4.66. The van der Waals surface area contributed by atoms with Gasteiger partial charge in [-0.25, -0.2) is 4.39 Å². The molecule has 20 heavy (non-hydrogen) atoms.